The molecule has 1 atom stereocenters. The van der Waals surface area contributed by atoms with Gasteiger partial charge in [0.2, 0.25) is 5.78 Å². The second kappa shape index (κ2) is 8.63. The number of benzene rings is 1. The zero-order chi connectivity index (χ0) is 16.6. The van der Waals surface area contributed by atoms with E-state index < -0.39 is 23.6 Å². The van der Waals surface area contributed by atoms with Gasteiger partial charge in [-0.3, -0.25) is 9.59 Å². The maximum absolute atomic E-state index is 12.4. The Balaban J connectivity index is 2.90. The number of carbonyl (C=O) groups is 2. The predicted octanol–water partition coefficient (Wildman–Crippen LogP) is 1.57. The first-order chi connectivity index (χ1) is 10.5. The molecule has 0 N–H and O–H groups in total. The van der Waals surface area contributed by atoms with E-state index in [0.29, 0.717) is 6.42 Å². The fourth-order valence-corrected chi connectivity index (χ4v) is 2.24. The van der Waals surface area contributed by atoms with Gasteiger partial charge in [-0.15, -0.1) is 0 Å². The SMILES string of the molecule is COC(=O)C(CC(=O)C(OC)(OC)OC)Cc1ccccc1. The van der Waals surface area contributed by atoms with Crippen LogP contribution < -0.4 is 0 Å². The molecule has 0 heterocycles. The molecule has 0 fully saturated rings. The normalized spacial score (nSPS) is 12.7. The van der Waals surface area contributed by atoms with E-state index in [1.54, 1.807) is 0 Å². The van der Waals surface area contributed by atoms with Crippen molar-refractivity contribution in [2.45, 2.75) is 18.8 Å². The molecular weight excluding hydrogens is 288 g/mol. The summed E-state index contributed by atoms with van der Waals surface area (Å²) in [5, 5.41) is 0. The molecule has 0 radical (unpaired) electrons. The highest BCUT2D eigenvalue weighted by Crippen LogP contribution is 2.22. The van der Waals surface area contributed by atoms with Gasteiger partial charge in [-0.25, -0.2) is 0 Å². The van der Waals surface area contributed by atoms with Crippen molar-refractivity contribution in [3.05, 3.63) is 35.9 Å². The Kier molecular flexibility index (Phi) is 7.17. The maximum atomic E-state index is 12.4. The van der Waals surface area contributed by atoms with Gasteiger partial charge in [-0.05, 0) is 12.0 Å². The van der Waals surface area contributed by atoms with E-state index in [9.17, 15) is 9.59 Å². The Morgan fingerprint density at radius 1 is 1.00 bits per heavy atom. The van der Waals surface area contributed by atoms with E-state index in [1.807, 2.05) is 30.3 Å². The number of ether oxygens (including phenoxy) is 4. The number of ketones is 1. The highest BCUT2D eigenvalue weighted by molar-refractivity contribution is 5.88. The molecule has 6 heteroatoms. The van der Waals surface area contributed by atoms with Crippen LogP contribution >= 0.6 is 0 Å². The fraction of sp³-hybridized carbons (Fsp3) is 0.500. The van der Waals surface area contributed by atoms with Gasteiger partial charge >= 0.3 is 11.9 Å². The Morgan fingerprint density at radius 3 is 2.00 bits per heavy atom. The minimum absolute atomic E-state index is 0.114. The molecule has 0 aromatic heterocycles. The summed E-state index contributed by atoms with van der Waals surface area (Å²) in [5.74, 6) is -3.39. The first kappa shape index (κ1) is 18.3. The summed E-state index contributed by atoms with van der Waals surface area (Å²) >= 11 is 0. The number of hydrogen-bond donors (Lipinski definition) is 0. The van der Waals surface area contributed by atoms with E-state index in [0.717, 1.165) is 5.56 Å². The summed E-state index contributed by atoms with van der Waals surface area (Å²) in [5.41, 5.74) is 0.934. The second-order valence-electron chi connectivity index (χ2n) is 4.71. The third-order valence-electron chi connectivity index (χ3n) is 3.44. The van der Waals surface area contributed by atoms with E-state index in [-0.39, 0.29) is 6.42 Å². The first-order valence-corrected chi connectivity index (χ1v) is 6.83. The van der Waals surface area contributed by atoms with Crippen LogP contribution in [0.1, 0.15) is 12.0 Å². The third-order valence-corrected chi connectivity index (χ3v) is 3.44. The molecule has 0 aliphatic rings. The largest absolute Gasteiger partial charge is 0.469 e. The van der Waals surface area contributed by atoms with E-state index >= 15 is 0 Å². The second-order valence-corrected chi connectivity index (χ2v) is 4.71. The average Bonchev–Trinajstić information content (AvgIpc) is 2.56. The van der Waals surface area contributed by atoms with Crippen molar-refractivity contribution in [2.24, 2.45) is 5.92 Å². The van der Waals surface area contributed by atoms with Gasteiger partial charge in [0, 0.05) is 27.8 Å². The zero-order valence-corrected chi connectivity index (χ0v) is 13.3. The summed E-state index contributed by atoms with van der Waals surface area (Å²) in [6, 6.07) is 9.39. The van der Waals surface area contributed by atoms with Crippen LogP contribution in [0, 0.1) is 5.92 Å². The Morgan fingerprint density at radius 2 is 1.55 bits per heavy atom. The lowest BCUT2D eigenvalue weighted by Crippen LogP contribution is -2.46. The lowest BCUT2D eigenvalue weighted by atomic mass is 9.93. The zero-order valence-electron chi connectivity index (χ0n) is 13.3. The number of esters is 1. The molecule has 6 nitrogen and oxygen atoms in total. The standard InChI is InChI=1S/C16H22O6/c1-19-15(18)13(10-12-8-6-5-7-9-12)11-14(17)16(20-2,21-3)22-4/h5-9,13H,10-11H2,1-4H3. The summed E-state index contributed by atoms with van der Waals surface area (Å²) in [6.07, 6.45) is 0.267. The molecular formula is C16H22O6. The molecule has 0 saturated heterocycles. The topological polar surface area (TPSA) is 71.1 Å². The Hall–Kier alpha value is -1.76. The van der Waals surface area contributed by atoms with Crippen molar-refractivity contribution in [3.63, 3.8) is 0 Å². The minimum atomic E-state index is -1.80. The van der Waals surface area contributed by atoms with Gasteiger partial charge in [0.15, 0.2) is 0 Å². The van der Waals surface area contributed by atoms with Gasteiger partial charge in [0.05, 0.1) is 13.0 Å². The number of Topliss-reactive ketones (excluding diaryl/α,β-unsaturated/α-hetero) is 1. The Labute approximate surface area is 130 Å². The quantitative estimate of drug-likeness (QED) is 0.509. The highest BCUT2D eigenvalue weighted by atomic mass is 16.9. The van der Waals surface area contributed by atoms with Crippen LogP contribution in [-0.4, -0.2) is 46.2 Å². The molecule has 0 aliphatic carbocycles. The van der Waals surface area contributed by atoms with E-state index in [1.165, 1.54) is 28.4 Å². The highest BCUT2D eigenvalue weighted by Gasteiger charge is 2.41. The van der Waals surface area contributed by atoms with Gasteiger partial charge in [-0.2, -0.15) is 0 Å². The molecule has 0 amide bonds. The Bertz CT molecular complexity index is 472. The van der Waals surface area contributed by atoms with Crippen LogP contribution in [0.25, 0.3) is 0 Å². The number of methoxy groups -OCH3 is 4. The number of hydrogen-bond acceptors (Lipinski definition) is 6. The van der Waals surface area contributed by atoms with Crippen LogP contribution in [-0.2, 0) is 35.0 Å². The summed E-state index contributed by atoms with van der Waals surface area (Å²) < 4.78 is 19.8. The van der Waals surface area contributed by atoms with E-state index in [2.05, 4.69) is 0 Å². The fourth-order valence-electron chi connectivity index (χ4n) is 2.24. The van der Waals surface area contributed by atoms with Crippen molar-refractivity contribution in [1.29, 1.82) is 0 Å². The first-order valence-electron chi connectivity index (χ1n) is 6.83. The molecule has 1 aromatic carbocycles. The molecule has 1 aromatic rings. The van der Waals surface area contributed by atoms with Crippen LogP contribution in [0.5, 0.6) is 0 Å². The molecule has 1 unspecified atom stereocenters. The van der Waals surface area contributed by atoms with Crippen LogP contribution in [0.3, 0.4) is 0 Å². The van der Waals surface area contributed by atoms with Crippen molar-refractivity contribution in [1.82, 2.24) is 0 Å². The smallest absolute Gasteiger partial charge is 0.346 e. The van der Waals surface area contributed by atoms with Gasteiger partial charge < -0.3 is 18.9 Å². The van der Waals surface area contributed by atoms with E-state index in [4.69, 9.17) is 18.9 Å². The third kappa shape index (κ3) is 4.37. The van der Waals surface area contributed by atoms with Crippen molar-refractivity contribution < 1.29 is 28.5 Å². The molecule has 0 aliphatic heterocycles. The van der Waals surface area contributed by atoms with Crippen molar-refractivity contribution in [2.75, 3.05) is 28.4 Å². The molecule has 0 spiro atoms. The molecule has 0 bridgehead atoms. The summed E-state index contributed by atoms with van der Waals surface area (Å²) in [4.78, 5) is 24.3. The van der Waals surface area contributed by atoms with Crippen LogP contribution in [0.4, 0.5) is 0 Å². The van der Waals surface area contributed by atoms with Gasteiger partial charge in [-0.1, -0.05) is 30.3 Å². The van der Waals surface area contributed by atoms with Crippen LogP contribution in [0.2, 0.25) is 0 Å². The van der Waals surface area contributed by atoms with Crippen molar-refractivity contribution >= 4 is 11.8 Å². The van der Waals surface area contributed by atoms with Gasteiger partial charge in [0.25, 0.3) is 0 Å². The molecule has 0 saturated carbocycles. The average molecular weight is 310 g/mol. The maximum Gasteiger partial charge on any atom is 0.346 e. The lowest BCUT2D eigenvalue weighted by Gasteiger charge is -2.28. The molecule has 1 rings (SSSR count). The van der Waals surface area contributed by atoms with Gasteiger partial charge in [0.1, 0.15) is 0 Å². The number of rotatable bonds is 9. The predicted molar refractivity (Wildman–Crippen MR) is 79.0 cm³/mol. The summed E-state index contributed by atoms with van der Waals surface area (Å²) in [6.45, 7) is 0. The number of carbonyl (C=O) groups excluding carboxylic acids is 2. The monoisotopic (exact) mass is 310 g/mol. The van der Waals surface area contributed by atoms with Crippen molar-refractivity contribution in [3.8, 4) is 0 Å². The molecule has 22 heavy (non-hydrogen) atoms. The summed E-state index contributed by atoms with van der Waals surface area (Å²) in [7, 11) is 5.20. The minimum Gasteiger partial charge on any atom is -0.469 e. The lowest BCUT2D eigenvalue weighted by molar-refractivity contribution is -0.325. The molecule has 122 valence electrons. The van der Waals surface area contributed by atoms with Crippen LogP contribution in [0.15, 0.2) is 30.3 Å².